The third-order valence-electron chi connectivity index (χ3n) is 3.02. The molecule has 0 aliphatic heterocycles. The van der Waals surface area contributed by atoms with Gasteiger partial charge in [-0.15, -0.1) is 0 Å². The molecule has 1 nitrogen and oxygen atoms in total. The van der Waals surface area contributed by atoms with Gasteiger partial charge in [0.05, 0.1) is 0 Å². The van der Waals surface area contributed by atoms with Gasteiger partial charge in [0.1, 0.15) is 0 Å². The quantitative estimate of drug-likeness (QED) is 0.781. The van der Waals surface area contributed by atoms with Gasteiger partial charge in [-0.3, -0.25) is 0 Å². The molecule has 0 aliphatic rings. The second-order valence-electron chi connectivity index (χ2n) is 4.48. The van der Waals surface area contributed by atoms with Gasteiger partial charge in [-0.25, -0.2) is 0 Å². The number of benzene rings is 1. The predicted octanol–water partition coefficient (Wildman–Crippen LogP) is 4.13. The first-order valence-corrected chi connectivity index (χ1v) is 6.90. The number of hydrogen-bond acceptors (Lipinski definition) is 1. The van der Waals surface area contributed by atoms with Gasteiger partial charge in [0.25, 0.3) is 0 Å². The van der Waals surface area contributed by atoms with Crippen LogP contribution in [-0.2, 0) is 6.42 Å². The molecule has 90 valence electrons. The Kier molecular flexibility index (Phi) is 6.07. The van der Waals surface area contributed by atoms with Crippen LogP contribution in [0.4, 0.5) is 0 Å². The molecule has 0 spiro atoms. The van der Waals surface area contributed by atoms with E-state index in [1.54, 1.807) is 0 Å². The summed E-state index contributed by atoms with van der Waals surface area (Å²) in [7, 11) is 0. The normalized spacial score (nSPS) is 10.8. The van der Waals surface area contributed by atoms with E-state index in [2.05, 4.69) is 41.9 Å². The standard InChI is InChI=1S/C14H22BrN/c1-11-10-14(15)12(2)9-13(11)7-5-3-4-6-8-16/h9-10H,3-8,16H2,1-2H3. The van der Waals surface area contributed by atoms with Crippen LogP contribution in [-0.4, -0.2) is 6.54 Å². The van der Waals surface area contributed by atoms with Crippen LogP contribution in [0.3, 0.4) is 0 Å². The Morgan fingerprint density at radius 1 is 1.00 bits per heavy atom. The summed E-state index contributed by atoms with van der Waals surface area (Å²) in [6, 6.07) is 4.53. The molecule has 2 N–H and O–H groups in total. The molecule has 1 aromatic carbocycles. The van der Waals surface area contributed by atoms with Crippen LogP contribution >= 0.6 is 15.9 Å². The van der Waals surface area contributed by atoms with Crippen LogP contribution in [0, 0.1) is 13.8 Å². The highest BCUT2D eigenvalue weighted by Gasteiger charge is 2.02. The Bertz CT molecular complexity index is 334. The number of aryl methyl sites for hydroxylation is 3. The Morgan fingerprint density at radius 3 is 2.38 bits per heavy atom. The zero-order valence-corrected chi connectivity index (χ0v) is 11.9. The van der Waals surface area contributed by atoms with Gasteiger partial charge in [-0.1, -0.05) is 34.8 Å². The van der Waals surface area contributed by atoms with E-state index in [-0.39, 0.29) is 0 Å². The molecule has 0 saturated carbocycles. The summed E-state index contributed by atoms with van der Waals surface area (Å²) in [4.78, 5) is 0. The maximum Gasteiger partial charge on any atom is 0.0207 e. The molecular weight excluding hydrogens is 262 g/mol. The number of nitrogens with two attached hydrogens (primary N) is 1. The minimum Gasteiger partial charge on any atom is -0.330 e. The lowest BCUT2D eigenvalue weighted by molar-refractivity contribution is 0.645. The van der Waals surface area contributed by atoms with Gasteiger partial charge in [-0.05, 0) is 62.4 Å². The first-order valence-electron chi connectivity index (χ1n) is 6.11. The van der Waals surface area contributed by atoms with Crippen molar-refractivity contribution < 1.29 is 0 Å². The van der Waals surface area contributed by atoms with E-state index in [0.717, 1.165) is 6.54 Å². The van der Waals surface area contributed by atoms with Gasteiger partial charge >= 0.3 is 0 Å². The van der Waals surface area contributed by atoms with Crippen LogP contribution in [0.15, 0.2) is 16.6 Å². The molecule has 1 aromatic rings. The summed E-state index contributed by atoms with van der Waals surface area (Å²) in [6.07, 6.45) is 6.21. The smallest absolute Gasteiger partial charge is 0.0207 e. The average molecular weight is 284 g/mol. The maximum absolute atomic E-state index is 5.48. The first kappa shape index (κ1) is 13.7. The molecule has 0 bridgehead atoms. The third kappa shape index (κ3) is 4.26. The van der Waals surface area contributed by atoms with E-state index in [4.69, 9.17) is 5.73 Å². The molecule has 2 heteroatoms. The van der Waals surface area contributed by atoms with Gasteiger partial charge < -0.3 is 5.73 Å². The minimum atomic E-state index is 0.830. The van der Waals surface area contributed by atoms with Crippen molar-refractivity contribution in [1.29, 1.82) is 0 Å². The van der Waals surface area contributed by atoms with E-state index >= 15 is 0 Å². The summed E-state index contributed by atoms with van der Waals surface area (Å²) in [5, 5.41) is 0. The van der Waals surface area contributed by atoms with Crippen LogP contribution in [0.5, 0.6) is 0 Å². The molecule has 0 aliphatic carbocycles. The zero-order chi connectivity index (χ0) is 12.0. The highest BCUT2D eigenvalue weighted by molar-refractivity contribution is 9.10. The summed E-state index contributed by atoms with van der Waals surface area (Å²) in [6.45, 7) is 5.18. The fourth-order valence-electron chi connectivity index (χ4n) is 1.92. The van der Waals surface area contributed by atoms with Crippen molar-refractivity contribution in [2.45, 2.75) is 46.0 Å². The molecule has 0 heterocycles. The minimum absolute atomic E-state index is 0.830. The Hall–Kier alpha value is -0.340. The lowest BCUT2D eigenvalue weighted by Crippen LogP contribution is -1.98. The Balaban J connectivity index is 2.45. The van der Waals surface area contributed by atoms with Crippen molar-refractivity contribution in [1.82, 2.24) is 0 Å². The van der Waals surface area contributed by atoms with Crippen molar-refractivity contribution in [2.75, 3.05) is 6.54 Å². The van der Waals surface area contributed by atoms with Crippen LogP contribution in [0.1, 0.15) is 42.4 Å². The SMILES string of the molecule is Cc1cc(CCCCCCN)c(C)cc1Br. The zero-order valence-electron chi connectivity index (χ0n) is 10.4. The molecule has 0 saturated heterocycles. The maximum atomic E-state index is 5.48. The molecule has 0 unspecified atom stereocenters. The molecule has 1 rings (SSSR count). The van der Waals surface area contributed by atoms with Gasteiger partial charge in [-0.2, -0.15) is 0 Å². The van der Waals surface area contributed by atoms with Gasteiger partial charge in [0.15, 0.2) is 0 Å². The number of hydrogen-bond donors (Lipinski definition) is 1. The highest BCUT2D eigenvalue weighted by Crippen LogP contribution is 2.22. The molecule has 0 aromatic heterocycles. The second kappa shape index (κ2) is 7.08. The predicted molar refractivity (Wildman–Crippen MR) is 74.8 cm³/mol. The summed E-state index contributed by atoms with van der Waals surface area (Å²) < 4.78 is 1.22. The molecule has 16 heavy (non-hydrogen) atoms. The Labute approximate surface area is 108 Å². The summed E-state index contributed by atoms with van der Waals surface area (Å²) in [5.41, 5.74) is 9.71. The van der Waals surface area contributed by atoms with Crippen molar-refractivity contribution in [3.63, 3.8) is 0 Å². The van der Waals surface area contributed by atoms with E-state index in [0.29, 0.717) is 0 Å². The van der Waals surface area contributed by atoms with E-state index in [1.807, 2.05) is 0 Å². The van der Waals surface area contributed by atoms with Crippen molar-refractivity contribution in [3.05, 3.63) is 33.3 Å². The van der Waals surface area contributed by atoms with Crippen molar-refractivity contribution >= 4 is 15.9 Å². The number of unbranched alkanes of at least 4 members (excludes halogenated alkanes) is 3. The first-order chi connectivity index (χ1) is 7.65. The topological polar surface area (TPSA) is 26.0 Å². The van der Waals surface area contributed by atoms with Crippen LogP contribution < -0.4 is 5.73 Å². The molecule has 0 atom stereocenters. The van der Waals surface area contributed by atoms with Crippen molar-refractivity contribution in [2.24, 2.45) is 5.73 Å². The van der Waals surface area contributed by atoms with Crippen LogP contribution in [0.25, 0.3) is 0 Å². The largest absolute Gasteiger partial charge is 0.330 e. The molecule has 0 radical (unpaired) electrons. The summed E-state index contributed by atoms with van der Waals surface area (Å²) in [5.74, 6) is 0. The van der Waals surface area contributed by atoms with E-state index in [9.17, 15) is 0 Å². The van der Waals surface area contributed by atoms with Crippen molar-refractivity contribution in [3.8, 4) is 0 Å². The lowest BCUT2D eigenvalue weighted by Gasteiger charge is -2.08. The van der Waals surface area contributed by atoms with Gasteiger partial charge in [0, 0.05) is 4.47 Å². The summed E-state index contributed by atoms with van der Waals surface area (Å²) >= 11 is 3.57. The van der Waals surface area contributed by atoms with E-state index < -0.39 is 0 Å². The third-order valence-corrected chi connectivity index (χ3v) is 3.87. The molecular formula is C14H22BrN. The van der Waals surface area contributed by atoms with Gasteiger partial charge in [0.2, 0.25) is 0 Å². The lowest BCUT2D eigenvalue weighted by atomic mass is 10.00. The molecule has 0 fully saturated rings. The second-order valence-corrected chi connectivity index (χ2v) is 5.34. The fraction of sp³-hybridized carbons (Fsp3) is 0.571. The Morgan fingerprint density at radius 2 is 1.69 bits per heavy atom. The number of halogens is 1. The monoisotopic (exact) mass is 283 g/mol. The average Bonchev–Trinajstić information content (AvgIpc) is 2.25. The fourth-order valence-corrected chi connectivity index (χ4v) is 2.38. The highest BCUT2D eigenvalue weighted by atomic mass is 79.9. The van der Waals surface area contributed by atoms with Crippen LogP contribution in [0.2, 0.25) is 0 Å². The van der Waals surface area contributed by atoms with E-state index in [1.165, 1.54) is 53.3 Å². The molecule has 0 amide bonds. The number of rotatable bonds is 6.